The largest absolute Gasteiger partial charge is 0.394 e. The standard InChI is InChI=1S/C12H13ClO3/c13-9-3-1-8(2-4-9)11-6-5-10(15)12(7-14)16-11/h1-6,10-12,14-15H,7H2/t10-,11-,12+/m0/s1. The molecule has 3 atom stereocenters. The monoisotopic (exact) mass is 240 g/mol. The van der Waals surface area contributed by atoms with Crippen LogP contribution in [0.4, 0.5) is 0 Å². The number of ether oxygens (including phenoxy) is 1. The molecule has 2 N–H and O–H groups in total. The Bertz CT molecular complexity index is 374. The number of aliphatic hydroxyl groups is 2. The zero-order chi connectivity index (χ0) is 11.5. The highest BCUT2D eigenvalue weighted by molar-refractivity contribution is 6.30. The summed E-state index contributed by atoms with van der Waals surface area (Å²) in [6, 6.07) is 7.30. The molecule has 0 aliphatic carbocycles. The van der Waals surface area contributed by atoms with Gasteiger partial charge in [0.25, 0.3) is 0 Å². The summed E-state index contributed by atoms with van der Waals surface area (Å²) in [5.41, 5.74) is 0.950. The van der Waals surface area contributed by atoms with Gasteiger partial charge in [0, 0.05) is 5.02 Å². The van der Waals surface area contributed by atoms with E-state index in [-0.39, 0.29) is 12.7 Å². The van der Waals surface area contributed by atoms with Gasteiger partial charge < -0.3 is 14.9 Å². The third-order valence-corrected chi connectivity index (χ3v) is 2.82. The Labute approximate surface area is 98.9 Å². The van der Waals surface area contributed by atoms with Crippen LogP contribution in [0.3, 0.4) is 0 Å². The van der Waals surface area contributed by atoms with Crippen LogP contribution >= 0.6 is 11.6 Å². The van der Waals surface area contributed by atoms with Gasteiger partial charge in [-0.1, -0.05) is 35.9 Å². The molecule has 3 nitrogen and oxygen atoms in total. The molecule has 1 aliphatic rings. The SMILES string of the molecule is OC[C@H]1O[C@H](c2ccc(Cl)cc2)C=C[C@@H]1O. The fraction of sp³-hybridized carbons (Fsp3) is 0.333. The summed E-state index contributed by atoms with van der Waals surface area (Å²) >= 11 is 5.79. The molecule has 0 saturated carbocycles. The van der Waals surface area contributed by atoms with Crippen molar-refractivity contribution in [3.8, 4) is 0 Å². The van der Waals surface area contributed by atoms with Crippen molar-refractivity contribution < 1.29 is 14.9 Å². The van der Waals surface area contributed by atoms with Gasteiger partial charge in [-0.25, -0.2) is 0 Å². The minimum atomic E-state index is -0.742. The summed E-state index contributed by atoms with van der Waals surface area (Å²) in [6.45, 7) is -0.199. The van der Waals surface area contributed by atoms with Crippen molar-refractivity contribution in [3.05, 3.63) is 47.0 Å². The topological polar surface area (TPSA) is 49.7 Å². The fourth-order valence-corrected chi connectivity index (χ4v) is 1.77. The molecule has 86 valence electrons. The van der Waals surface area contributed by atoms with E-state index in [0.29, 0.717) is 5.02 Å². The first-order valence-corrected chi connectivity index (χ1v) is 5.46. The molecule has 0 unspecified atom stereocenters. The summed E-state index contributed by atoms with van der Waals surface area (Å²) in [4.78, 5) is 0. The molecule has 16 heavy (non-hydrogen) atoms. The average Bonchev–Trinajstić information content (AvgIpc) is 2.31. The predicted octanol–water partition coefficient (Wildman–Crippen LogP) is 1.69. The van der Waals surface area contributed by atoms with Gasteiger partial charge in [0.2, 0.25) is 0 Å². The lowest BCUT2D eigenvalue weighted by Crippen LogP contribution is -2.35. The predicted molar refractivity (Wildman–Crippen MR) is 61.3 cm³/mol. The molecule has 1 aromatic carbocycles. The second-order valence-electron chi connectivity index (χ2n) is 3.70. The van der Waals surface area contributed by atoms with E-state index in [0.717, 1.165) is 5.56 Å². The van der Waals surface area contributed by atoms with Crippen molar-refractivity contribution in [1.82, 2.24) is 0 Å². The molecule has 4 heteroatoms. The Morgan fingerprint density at radius 3 is 2.50 bits per heavy atom. The van der Waals surface area contributed by atoms with Gasteiger partial charge in [-0.2, -0.15) is 0 Å². The van der Waals surface area contributed by atoms with E-state index < -0.39 is 12.2 Å². The first kappa shape index (κ1) is 11.6. The minimum absolute atomic E-state index is 0.199. The molecule has 0 aromatic heterocycles. The smallest absolute Gasteiger partial charge is 0.111 e. The van der Waals surface area contributed by atoms with Crippen molar-refractivity contribution in [2.45, 2.75) is 18.3 Å². The number of rotatable bonds is 2. The van der Waals surface area contributed by atoms with E-state index >= 15 is 0 Å². The van der Waals surface area contributed by atoms with Gasteiger partial charge >= 0.3 is 0 Å². The van der Waals surface area contributed by atoms with Crippen molar-refractivity contribution in [2.24, 2.45) is 0 Å². The minimum Gasteiger partial charge on any atom is -0.394 e. The molecular formula is C12H13ClO3. The first-order valence-electron chi connectivity index (χ1n) is 5.09. The van der Waals surface area contributed by atoms with Crippen LogP contribution in [0.15, 0.2) is 36.4 Å². The quantitative estimate of drug-likeness (QED) is 0.774. The van der Waals surface area contributed by atoms with E-state index in [1.54, 1.807) is 24.3 Å². The summed E-state index contributed by atoms with van der Waals surface area (Å²) in [5, 5.41) is 19.2. The van der Waals surface area contributed by atoms with E-state index in [1.807, 2.05) is 12.1 Å². The zero-order valence-corrected chi connectivity index (χ0v) is 9.34. The fourth-order valence-electron chi connectivity index (χ4n) is 1.65. The van der Waals surface area contributed by atoms with E-state index in [9.17, 15) is 5.11 Å². The molecule has 0 bridgehead atoms. The second-order valence-corrected chi connectivity index (χ2v) is 4.14. The van der Waals surface area contributed by atoms with E-state index in [4.69, 9.17) is 21.4 Å². The number of hydrogen-bond acceptors (Lipinski definition) is 3. The lowest BCUT2D eigenvalue weighted by molar-refractivity contribution is -0.0805. The normalized spacial score (nSPS) is 29.3. The van der Waals surface area contributed by atoms with Gasteiger partial charge in [0.15, 0.2) is 0 Å². The van der Waals surface area contributed by atoms with Crippen LogP contribution in [0.25, 0.3) is 0 Å². The Hall–Kier alpha value is -0.870. The van der Waals surface area contributed by atoms with Crippen LogP contribution in [0.2, 0.25) is 5.02 Å². The average molecular weight is 241 g/mol. The summed E-state index contributed by atoms with van der Waals surface area (Å²) in [6.07, 6.45) is 1.88. The molecule has 0 saturated heterocycles. The molecule has 1 heterocycles. The highest BCUT2D eigenvalue weighted by Gasteiger charge is 2.25. The Morgan fingerprint density at radius 2 is 1.88 bits per heavy atom. The molecule has 0 radical (unpaired) electrons. The van der Waals surface area contributed by atoms with Crippen LogP contribution in [0.1, 0.15) is 11.7 Å². The summed E-state index contributed by atoms with van der Waals surface area (Å²) in [7, 11) is 0. The van der Waals surface area contributed by atoms with Gasteiger partial charge in [0.05, 0.1) is 6.61 Å². The second kappa shape index (κ2) is 4.97. The van der Waals surface area contributed by atoms with Gasteiger partial charge in [0.1, 0.15) is 18.3 Å². The Kier molecular flexibility index (Phi) is 3.61. The number of benzene rings is 1. The van der Waals surface area contributed by atoms with Gasteiger partial charge in [-0.15, -0.1) is 0 Å². The van der Waals surface area contributed by atoms with Crippen LogP contribution in [-0.4, -0.2) is 29.0 Å². The van der Waals surface area contributed by atoms with Crippen molar-refractivity contribution in [3.63, 3.8) is 0 Å². The number of aliphatic hydroxyl groups excluding tert-OH is 2. The number of hydrogen-bond donors (Lipinski definition) is 2. The molecule has 0 spiro atoms. The molecule has 1 aliphatic heterocycles. The lowest BCUT2D eigenvalue weighted by Gasteiger charge is -2.28. The molecule has 0 fully saturated rings. The lowest BCUT2D eigenvalue weighted by atomic mass is 10.0. The maximum Gasteiger partial charge on any atom is 0.111 e. The molecule has 2 rings (SSSR count). The maximum absolute atomic E-state index is 9.48. The molecule has 0 amide bonds. The highest BCUT2D eigenvalue weighted by Crippen LogP contribution is 2.27. The van der Waals surface area contributed by atoms with Crippen molar-refractivity contribution in [1.29, 1.82) is 0 Å². The van der Waals surface area contributed by atoms with Crippen molar-refractivity contribution >= 4 is 11.6 Å². The molecule has 1 aromatic rings. The zero-order valence-electron chi connectivity index (χ0n) is 8.58. The number of halogens is 1. The third-order valence-electron chi connectivity index (χ3n) is 2.56. The van der Waals surface area contributed by atoms with E-state index in [1.165, 1.54) is 0 Å². The summed E-state index contributed by atoms with van der Waals surface area (Å²) < 4.78 is 5.54. The summed E-state index contributed by atoms with van der Waals surface area (Å²) in [5.74, 6) is 0. The van der Waals surface area contributed by atoms with Gasteiger partial charge in [-0.3, -0.25) is 0 Å². The maximum atomic E-state index is 9.48. The third kappa shape index (κ3) is 2.44. The molecular weight excluding hydrogens is 228 g/mol. The van der Waals surface area contributed by atoms with Crippen LogP contribution < -0.4 is 0 Å². The van der Waals surface area contributed by atoms with Crippen LogP contribution in [-0.2, 0) is 4.74 Å². The van der Waals surface area contributed by atoms with Gasteiger partial charge in [-0.05, 0) is 17.7 Å². The van der Waals surface area contributed by atoms with Crippen molar-refractivity contribution in [2.75, 3.05) is 6.61 Å². The Morgan fingerprint density at radius 1 is 1.19 bits per heavy atom. The van der Waals surface area contributed by atoms with Crippen LogP contribution in [0.5, 0.6) is 0 Å². The highest BCUT2D eigenvalue weighted by atomic mass is 35.5. The first-order chi connectivity index (χ1) is 7.70. The van der Waals surface area contributed by atoms with E-state index in [2.05, 4.69) is 0 Å². The Balaban J connectivity index is 2.17. The van der Waals surface area contributed by atoms with Crippen LogP contribution in [0, 0.1) is 0 Å².